The van der Waals surface area contributed by atoms with Gasteiger partial charge in [0.25, 0.3) is 5.91 Å². The standard InChI is InChI=1S/C17H18N6O/c1-12-19-20-15-7-8-16(21-23(12)15)22-10-9-14(11-22)18-17(24)13-5-3-2-4-6-13/h2-8,14H,9-11H2,1H3,(H,18,24). The van der Waals surface area contributed by atoms with E-state index in [0.717, 1.165) is 36.8 Å². The molecule has 1 aliphatic rings. The minimum atomic E-state index is -0.0273. The van der Waals surface area contributed by atoms with Crippen LogP contribution in [0.3, 0.4) is 0 Å². The lowest BCUT2D eigenvalue weighted by Crippen LogP contribution is -2.37. The maximum absolute atomic E-state index is 12.3. The zero-order valence-corrected chi connectivity index (χ0v) is 13.4. The van der Waals surface area contributed by atoms with E-state index >= 15 is 0 Å². The van der Waals surface area contributed by atoms with Crippen LogP contribution in [-0.4, -0.2) is 44.8 Å². The Balaban J connectivity index is 1.45. The van der Waals surface area contributed by atoms with Gasteiger partial charge in [-0.2, -0.15) is 4.52 Å². The van der Waals surface area contributed by atoms with Crippen LogP contribution in [0.15, 0.2) is 42.5 Å². The number of benzene rings is 1. The van der Waals surface area contributed by atoms with Crippen LogP contribution in [0.1, 0.15) is 22.6 Å². The van der Waals surface area contributed by atoms with E-state index in [0.29, 0.717) is 5.56 Å². The van der Waals surface area contributed by atoms with Crippen molar-refractivity contribution in [2.75, 3.05) is 18.0 Å². The molecule has 1 aromatic carbocycles. The third-order valence-electron chi connectivity index (χ3n) is 4.29. The van der Waals surface area contributed by atoms with Gasteiger partial charge in [0.15, 0.2) is 11.5 Å². The van der Waals surface area contributed by atoms with Crippen LogP contribution in [0.4, 0.5) is 5.82 Å². The van der Waals surface area contributed by atoms with Gasteiger partial charge in [0, 0.05) is 24.7 Å². The van der Waals surface area contributed by atoms with E-state index in [1.54, 1.807) is 4.52 Å². The fraction of sp³-hybridized carbons (Fsp3) is 0.294. The van der Waals surface area contributed by atoms with Gasteiger partial charge in [0.05, 0.1) is 0 Å². The Labute approximate surface area is 139 Å². The topological polar surface area (TPSA) is 75.4 Å². The monoisotopic (exact) mass is 322 g/mol. The SMILES string of the molecule is Cc1nnc2ccc(N3CCC(NC(=O)c4ccccc4)C3)nn12. The highest BCUT2D eigenvalue weighted by Crippen LogP contribution is 2.19. The minimum absolute atomic E-state index is 0.0273. The fourth-order valence-electron chi connectivity index (χ4n) is 3.00. The second kappa shape index (κ2) is 5.92. The predicted molar refractivity (Wildman–Crippen MR) is 90.0 cm³/mol. The maximum Gasteiger partial charge on any atom is 0.251 e. The first-order valence-electron chi connectivity index (χ1n) is 8.00. The van der Waals surface area contributed by atoms with Crippen molar-refractivity contribution in [3.05, 3.63) is 53.9 Å². The zero-order valence-electron chi connectivity index (χ0n) is 13.4. The van der Waals surface area contributed by atoms with Gasteiger partial charge >= 0.3 is 0 Å². The van der Waals surface area contributed by atoms with E-state index in [1.807, 2.05) is 49.4 Å². The lowest BCUT2D eigenvalue weighted by molar-refractivity contribution is 0.0940. The van der Waals surface area contributed by atoms with Crippen molar-refractivity contribution in [3.63, 3.8) is 0 Å². The van der Waals surface area contributed by atoms with Gasteiger partial charge < -0.3 is 10.2 Å². The number of rotatable bonds is 3. The average Bonchev–Trinajstić information content (AvgIpc) is 3.23. The lowest BCUT2D eigenvalue weighted by Gasteiger charge is -2.18. The highest BCUT2D eigenvalue weighted by molar-refractivity contribution is 5.94. The van der Waals surface area contributed by atoms with Crippen LogP contribution >= 0.6 is 0 Å². The summed E-state index contributed by atoms with van der Waals surface area (Å²) in [6.07, 6.45) is 0.902. The van der Waals surface area contributed by atoms with E-state index in [1.165, 1.54) is 0 Å². The van der Waals surface area contributed by atoms with Gasteiger partial charge in [0.1, 0.15) is 5.82 Å². The van der Waals surface area contributed by atoms with Crippen molar-refractivity contribution in [3.8, 4) is 0 Å². The first-order chi connectivity index (χ1) is 11.7. The van der Waals surface area contributed by atoms with Gasteiger partial charge in [-0.15, -0.1) is 15.3 Å². The summed E-state index contributed by atoms with van der Waals surface area (Å²) in [7, 11) is 0. The van der Waals surface area contributed by atoms with Gasteiger partial charge in [-0.1, -0.05) is 18.2 Å². The Morgan fingerprint density at radius 1 is 1.17 bits per heavy atom. The van der Waals surface area contributed by atoms with Crippen molar-refractivity contribution in [1.29, 1.82) is 0 Å². The lowest BCUT2D eigenvalue weighted by atomic mass is 10.2. The third kappa shape index (κ3) is 2.68. The van der Waals surface area contributed by atoms with E-state index in [2.05, 4.69) is 25.5 Å². The smallest absolute Gasteiger partial charge is 0.251 e. The Kier molecular flexibility index (Phi) is 3.60. The number of amides is 1. The van der Waals surface area contributed by atoms with E-state index in [-0.39, 0.29) is 11.9 Å². The fourth-order valence-corrected chi connectivity index (χ4v) is 3.00. The van der Waals surface area contributed by atoms with Crippen LogP contribution in [0.25, 0.3) is 5.65 Å². The second-order valence-corrected chi connectivity index (χ2v) is 5.98. The molecule has 1 N–H and O–H groups in total. The number of carbonyl (C=O) groups excluding carboxylic acids is 1. The highest BCUT2D eigenvalue weighted by Gasteiger charge is 2.25. The summed E-state index contributed by atoms with van der Waals surface area (Å²) in [5.41, 5.74) is 1.43. The summed E-state index contributed by atoms with van der Waals surface area (Å²) in [5, 5.41) is 15.8. The van der Waals surface area contributed by atoms with E-state index in [9.17, 15) is 4.79 Å². The van der Waals surface area contributed by atoms with Crippen LogP contribution < -0.4 is 10.2 Å². The number of aryl methyl sites for hydroxylation is 1. The molecule has 1 aliphatic heterocycles. The Morgan fingerprint density at radius 2 is 2.00 bits per heavy atom. The molecular weight excluding hydrogens is 304 g/mol. The molecule has 3 aromatic rings. The number of nitrogens with zero attached hydrogens (tertiary/aromatic N) is 5. The van der Waals surface area contributed by atoms with E-state index < -0.39 is 0 Å². The number of carbonyl (C=O) groups is 1. The van der Waals surface area contributed by atoms with Crippen molar-refractivity contribution >= 4 is 17.4 Å². The maximum atomic E-state index is 12.3. The quantitative estimate of drug-likeness (QED) is 0.790. The van der Waals surface area contributed by atoms with Crippen LogP contribution in [-0.2, 0) is 0 Å². The molecule has 2 aromatic heterocycles. The van der Waals surface area contributed by atoms with Gasteiger partial charge in [-0.3, -0.25) is 4.79 Å². The molecule has 0 radical (unpaired) electrons. The van der Waals surface area contributed by atoms with Crippen LogP contribution in [0, 0.1) is 6.92 Å². The molecule has 7 heteroatoms. The number of nitrogens with one attached hydrogen (secondary N) is 1. The first-order valence-corrected chi connectivity index (χ1v) is 8.00. The molecular formula is C17H18N6O. The first kappa shape index (κ1) is 14.6. The van der Waals surface area contributed by atoms with Gasteiger partial charge in [-0.25, -0.2) is 0 Å². The number of fused-ring (bicyclic) bond motifs is 1. The third-order valence-corrected chi connectivity index (χ3v) is 4.29. The molecule has 24 heavy (non-hydrogen) atoms. The highest BCUT2D eigenvalue weighted by atomic mass is 16.1. The molecule has 0 bridgehead atoms. The molecule has 122 valence electrons. The largest absolute Gasteiger partial charge is 0.353 e. The molecule has 1 amide bonds. The average molecular weight is 322 g/mol. The van der Waals surface area contributed by atoms with Crippen LogP contribution in [0.2, 0.25) is 0 Å². The molecule has 0 saturated carbocycles. The number of anilines is 1. The second-order valence-electron chi connectivity index (χ2n) is 5.98. The molecule has 1 fully saturated rings. The van der Waals surface area contributed by atoms with Crippen molar-refractivity contribution in [1.82, 2.24) is 25.1 Å². The summed E-state index contributed by atoms with van der Waals surface area (Å²) >= 11 is 0. The Hall–Kier alpha value is -2.96. The molecule has 1 saturated heterocycles. The van der Waals surface area contributed by atoms with Crippen LogP contribution in [0.5, 0.6) is 0 Å². The molecule has 4 rings (SSSR count). The summed E-state index contributed by atoms with van der Waals surface area (Å²) in [6.45, 7) is 3.49. The van der Waals surface area contributed by atoms with Crippen molar-refractivity contribution in [2.45, 2.75) is 19.4 Å². The molecule has 1 unspecified atom stereocenters. The molecule has 0 aliphatic carbocycles. The summed E-state index contributed by atoms with van der Waals surface area (Å²) in [6, 6.07) is 13.3. The normalized spacial score (nSPS) is 17.4. The Morgan fingerprint density at radius 3 is 2.83 bits per heavy atom. The Bertz CT molecular complexity index is 875. The summed E-state index contributed by atoms with van der Waals surface area (Å²) < 4.78 is 1.74. The molecule has 1 atom stereocenters. The van der Waals surface area contributed by atoms with Gasteiger partial charge in [0.2, 0.25) is 0 Å². The predicted octanol–water partition coefficient (Wildman–Crippen LogP) is 1.44. The molecule has 0 spiro atoms. The summed E-state index contributed by atoms with van der Waals surface area (Å²) in [4.78, 5) is 14.4. The number of hydrogen-bond acceptors (Lipinski definition) is 5. The summed E-state index contributed by atoms with van der Waals surface area (Å²) in [5.74, 6) is 1.61. The number of hydrogen-bond donors (Lipinski definition) is 1. The van der Waals surface area contributed by atoms with Crippen molar-refractivity contribution in [2.24, 2.45) is 0 Å². The number of aromatic nitrogens is 4. The minimum Gasteiger partial charge on any atom is -0.353 e. The zero-order chi connectivity index (χ0) is 16.5. The van der Waals surface area contributed by atoms with Gasteiger partial charge in [-0.05, 0) is 37.6 Å². The van der Waals surface area contributed by atoms with Crippen molar-refractivity contribution < 1.29 is 4.79 Å². The molecule has 3 heterocycles. The van der Waals surface area contributed by atoms with E-state index in [4.69, 9.17) is 0 Å². The molecule has 7 nitrogen and oxygen atoms in total.